The monoisotopic (exact) mass is 590 g/mol. The summed E-state index contributed by atoms with van der Waals surface area (Å²) in [6, 6.07) is 40.8. The first-order chi connectivity index (χ1) is 22.0. The molecule has 1 aliphatic rings. The van der Waals surface area contributed by atoms with Gasteiger partial charge in [0.2, 0.25) is 0 Å². The molecule has 0 aliphatic heterocycles. The van der Waals surface area contributed by atoms with E-state index >= 15 is 0 Å². The number of carboxylic acid groups (broad SMARTS) is 2. The number of hydrogen-bond acceptors (Lipinski definition) is 4. The van der Waals surface area contributed by atoms with E-state index in [1.807, 2.05) is 60.7 Å². The Balaban J connectivity index is 1.44. The van der Waals surface area contributed by atoms with Crippen molar-refractivity contribution in [3.8, 4) is 56.4 Å². The van der Waals surface area contributed by atoms with Gasteiger partial charge in [-0.05, 0) is 76.2 Å². The van der Waals surface area contributed by atoms with Crippen LogP contribution in [0.5, 0.6) is 23.0 Å². The van der Waals surface area contributed by atoms with Crippen LogP contribution in [0.25, 0.3) is 33.4 Å². The lowest BCUT2D eigenvalue weighted by Crippen LogP contribution is -2.02. The van der Waals surface area contributed by atoms with E-state index in [-0.39, 0.29) is 22.6 Å². The average Bonchev–Trinajstić information content (AvgIpc) is 3.44. The molecule has 0 amide bonds. The third-order valence-corrected chi connectivity index (χ3v) is 8.00. The van der Waals surface area contributed by atoms with Crippen molar-refractivity contribution in [2.45, 2.75) is 6.42 Å². The highest BCUT2D eigenvalue weighted by Crippen LogP contribution is 2.50. The molecule has 0 spiro atoms. The summed E-state index contributed by atoms with van der Waals surface area (Å²) in [5.41, 5.74) is 8.07. The Morgan fingerprint density at radius 2 is 0.889 bits per heavy atom. The highest BCUT2D eigenvalue weighted by atomic mass is 16.5. The van der Waals surface area contributed by atoms with Crippen molar-refractivity contribution in [3.63, 3.8) is 0 Å². The summed E-state index contributed by atoms with van der Waals surface area (Å²) >= 11 is 0. The molecular weight excluding hydrogens is 564 g/mol. The molecule has 1 aliphatic carbocycles. The summed E-state index contributed by atoms with van der Waals surface area (Å²) in [7, 11) is 0. The molecule has 45 heavy (non-hydrogen) atoms. The van der Waals surface area contributed by atoms with Crippen molar-refractivity contribution in [2.75, 3.05) is 0 Å². The second-order valence-electron chi connectivity index (χ2n) is 10.6. The van der Waals surface area contributed by atoms with Gasteiger partial charge in [-0.25, -0.2) is 9.59 Å². The third-order valence-electron chi connectivity index (χ3n) is 8.00. The minimum absolute atomic E-state index is 0.0628. The lowest BCUT2D eigenvalue weighted by atomic mass is 9.87. The number of para-hydroxylation sites is 4. The van der Waals surface area contributed by atoms with E-state index in [4.69, 9.17) is 9.47 Å². The molecule has 7 rings (SSSR count). The first kappa shape index (κ1) is 27.7. The first-order valence-corrected chi connectivity index (χ1v) is 14.4. The number of fused-ring (bicyclic) bond motifs is 3. The van der Waals surface area contributed by atoms with E-state index in [2.05, 4.69) is 24.3 Å². The number of carbonyl (C=O) groups is 2. The summed E-state index contributed by atoms with van der Waals surface area (Å²) < 4.78 is 12.7. The summed E-state index contributed by atoms with van der Waals surface area (Å²) in [4.78, 5) is 24.0. The highest BCUT2D eigenvalue weighted by molar-refractivity contribution is 5.97. The molecule has 6 nitrogen and oxygen atoms in total. The molecule has 0 unspecified atom stereocenters. The number of rotatable bonds is 8. The standard InChI is InChI=1S/C39H26O6/c40-38(41)30-15-5-9-19-35(30)44-33-17-7-3-13-27(33)28-22-21-26-25-12-2-1-11-24(25)23-32(26)37(28)29-14-4-8-18-34(29)45-36-20-10-6-16-31(36)39(42)43/h1-22H,23H2,(H,40,41)(H,42,43). The van der Waals surface area contributed by atoms with Crippen LogP contribution in [0, 0.1) is 0 Å². The molecule has 0 saturated heterocycles. The molecule has 0 heterocycles. The number of carboxylic acids is 2. The van der Waals surface area contributed by atoms with Gasteiger partial charge in [-0.1, -0.05) is 97.1 Å². The van der Waals surface area contributed by atoms with Crippen LogP contribution in [0.4, 0.5) is 0 Å². The number of hydrogen-bond donors (Lipinski definition) is 2. The number of benzene rings is 6. The van der Waals surface area contributed by atoms with Gasteiger partial charge in [0.1, 0.15) is 34.1 Å². The average molecular weight is 591 g/mol. The van der Waals surface area contributed by atoms with Gasteiger partial charge in [0.15, 0.2) is 0 Å². The quantitative estimate of drug-likeness (QED) is 0.183. The third kappa shape index (κ3) is 5.08. The van der Waals surface area contributed by atoms with Gasteiger partial charge in [0, 0.05) is 11.1 Å². The van der Waals surface area contributed by atoms with Crippen molar-refractivity contribution in [2.24, 2.45) is 0 Å². The van der Waals surface area contributed by atoms with Gasteiger partial charge in [-0.15, -0.1) is 0 Å². The Kier molecular flexibility index (Phi) is 7.08. The smallest absolute Gasteiger partial charge is 0.339 e. The summed E-state index contributed by atoms with van der Waals surface area (Å²) in [6.07, 6.45) is 0.694. The lowest BCUT2D eigenvalue weighted by molar-refractivity contribution is 0.0683. The molecule has 0 radical (unpaired) electrons. The second-order valence-corrected chi connectivity index (χ2v) is 10.6. The van der Waals surface area contributed by atoms with E-state index in [0.717, 1.165) is 38.9 Å². The maximum atomic E-state index is 12.0. The van der Waals surface area contributed by atoms with E-state index < -0.39 is 11.9 Å². The van der Waals surface area contributed by atoms with Gasteiger partial charge < -0.3 is 19.7 Å². The molecule has 218 valence electrons. The van der Waals surface area contributed by atoms with Crippen LogP contribution in [0.2, 0.25) is 0 Å². The van der Waals surface area contributed by atoms with E-state index in [9.17, 15) is 19.8 Å². The fraction of sp³-hybridized carbons (Fsp3) is 0.0256. The van der Waals surface area contributed by atoms with Crippen LogP contribution in [0.15, 0.2) is 133 Å². The maximum Gasteiger partial charge on any atom is 0.339 e. The van der Waals surface area contributed by atoms with Crippen LogP contribution in [-0.2, 0) is 6.42 Å². The van der Waals surface area contributed by atoms with Crippen molar-refractivity contribution in [1.82, 2.24) is 0 Å². The minimum Gasteiger partial charge on any atom is -0.478 e. The van der Waals surface area contributed by atoms with Gasteiger partial charge in [0.25, 0.3) is 0 Å². The minimum atomic E-state index is -1.08. The molecule has 2 N–H and O–H groups in total. The largest absolute Gasteiger partial charge is 0.478 e. The Labute approximate surface area is 259 Å². The van der Waals surface area contributed by atoms with Crippen molar-refractivity contribution < 1.29 is 29.3 Å². The number of ether oxygens (including phenoxy) is 2. The predicted octanol–water partition coefficient (Wildman–Crippen LogP) is 9.57. The van der Waals surface area contributed by atoms with Crippen molar-refractivity contribution >= 4 is 11.9 Å². The van der Waals surface area contributed by atoms with Crippen LogP contribution in [0.1, 0.15) is 31.8 Å². The zero-order chi connectivity index (χ0) is 30.9. The Hall–Kier alpha value is -6.14. The van der Waals surface area contributed by atoms with E-state index in [1.165, 1.54) is 17.7 Å². The van der Waals surface area contributed by atoms with Crippen LogP contribution in [0.3, 0.4) is 0 Å². The molecule has 6 aromatic carbocycles. The lowest BCUT2D eigenvalue weighted by Gasteiger charge is -2.21. The highest BCUT2D eigenvalue weighted by Gasteiger charge is 2.27. The Morgan fingerprint density at radius 3 is 1.49 bits per heavy atom. The number of aromatic carboxylic acids is 2. The summed E-state index contributed by atoms with van der Waals surface area (Å²) in [5.74, 6) is -0.672. The molecule has 0 bridgehead atoms. The van der Waals surface area contributed by atoms with Gasteiger partial charge in [0.05, 0.1) is 0 Å². The van der Waals surface area contributed by atoms with Gasteiger partial charge in [-0.2, -0.15) is 0 Å². The molecular formula is C39H26O6. The van der Waals surface area contributed by atoms with Gasteiger partial charge in [-0.3, -0.25) is 0 Å². The fourth-order valence-corrected chi connectivity index (χ4v) is 5.99. The molecule has 0 atom stereocenters. The normalized spacial score (nSPS) is 11.4. The second kappa shape index (κ2) is 11.5. The molecule has 6 aromatic rings. The zero-order valence-electron chi connectivity index (χ0n) is 23.9. The molecule has 0 saturated carbocycles. The topological polar surface area (TPSA) is 93.1 Å². The van der Waals surface area contributed by atoms with Crippen molar-refractivity contribution in [3.05, 3.63) is 156 Å². The van der Waals surface area contributed by atoms with E-state index in [1.54, 1.807) is 36.4 Å². The maximum absolute atomic E-state index is 12.0. The summed E-state index contributed by atoms with van der Waals surface area (Å²) in [6.45, 7) is 0. The van der Waals surface area contributed by atoms with Gasteiger partial charge >= 0.3 is 11.9 Å². The first-order valence-electron chi connectivity index (χ1n) is 14.4. The summed E-state index contributed by atoms with van der Waals surface area (Å²) in [5, 5.41) is 19.6. The Morgan fingerprint density at radius 1 is 0.444 bits per heavy atom. The SMILES string of the molecule is O=C(O)c1ccccc1Oc1ccccc1-c1ccc2c(c1-c1ccccc1Oc1ccccc1C(=O)O)Cc1ccccc1-2. The zero-order valence-corrected chi connectivity index (χ0v) is 23.9. The Bertz CT molecular complexity index is 2110. The van der Waals surface area contributed by atoms with E-state index in [0.29, 0.717) is 17.9 Å². The predicted molar refractivity (Wildman–Crippen MR) is 173 cm³/mol. The molecule has 6 heteroatoms. The van der Waals surface area contributed by atoms with Crippen LogP contribution in [-0.4, -0.2) is 22.2 Å². The fourth-order valence-electron chi connectivity index (χ4n) is 5.99. The molecule has 0 aromatic heterocycles. The molecule has 0 fully saturated rings. The van der Waals surface area contributed by atoms with Crippen LogP contribution < -0.4 is 9.47 Å². The van der Waals surface area contributed by atoms with Crippen LogP contribution >= 0.6 is 0 Å². The van der Waals surface area contributed by atoms with Crippen molar-refractivity contribution in [1.29, 1.82) is 0 Å².